The lowest BCUT2D eigenvalue weighted by molar-refractivity contribution is 0.270. The highest BCUT2D eigenvalue weighted by Gasteiger charge is 2.15. The Hall–Kier alpha value is -1.24. The summed E-state index contributed by atoms with van der Waals surface area (Å²) in [5.41, 5.74) is 2.54. The molecule has 0 saturated carbocycles. The van der Waals surface area contributed by atoms with Crippen LogP contribution in [0.5, 0.6) is 5.75 Å². The van der Waals surface area contributed by atoms with Crippen LogP contribution < -0.4 is 4.74 Å². The minimum absolute atomic E-state index is 0.134. The summed E-state index contributed by atoms with van der Waals surface area (Å²) in [6.45, 7) is 15.5. The van der Waals surface area contributed by atoms with E-state index in [4.69, 9.17) is 4.74 Å². The maximum atomic E-state index is 5.80. The Morgan fingerprint density at radius 1 is 1.24 bits per heavy atom. The molecular weight excluding hydrogens is 208 g/mol. The van der Waals surface area contributed by atoms with Gasteiger partial charge in [-0.3, -0.25) is 0 Å². The number of hydrogen-bond acceptors (Lipinski definition) is 1. The van der Waals surface area contributed by atoms with E-state index in [0.717, 1.165) is 17.9 Å². The molecule has 17 heavy (non-hydrogen) atoms. The lowest BCUT2D eigenvalue weighted by Crippen LogP contribution is -2.12. The maximum Gasteiger partial charge on any atom is 0.120 e. The zero-order valence-electron chi connectivity index (χ0n) is 11.7. The van der Waals surface area contributed by atoms with Crippen LogP contribution in [0.3, 0.4) is 0 Å². The first-order valence-electron chi connectivity index (χ1n) is 6.23. The van der Waals surface area contributed by atoms with Gasteiger partial charge in [0.1, 0.15) is 5.75 Å². The average Bonchev–Trinajstić information content (AvgIpc) is 2.24. The van der Waals surface area contributed by atoms with Crippen LogP contribution in [0.2, 0.25) is 0 Å². The molecule has 0 radical (unpaired) electrons. The van der Waals surface area contributed by atoms with E-state index in [-0.39, 0.29) is 5.41 Å². The fourth-order valence-corrected chi connectivity index (χ4v) is 1.52. The van der Waals surface area contributed by atoms with Crippen molar-refractivity contribution in [3.63, 3.8) is 0 Å². The summed E-state index contributed by atoms with van der Waals surface area (Å²) in [6.07, 6.45) is 1.87. The largest absolute Gasteiger partial charge is 0.493 e. The summed E-state index contributed by atoms with van der Waals surface area (Å²) in [7, 11) is 0. The van der Waals surface area contributed by atoms with Crippen LogP contribution in [0.25, 0.3) is 6.08 Å². The first kappa shape index (κ1) is 13.8. The lowest BCUT2D eigenvalue weighted by Gasteiger charge is -2.21. The highest BCUT2D eigenvalue weighted by atomic mass is 16.5. The average molecular weight is 232 g/mol. The Balaban J connectivity index is 3.01. The van der Waals surface area contributed by atoms with Gasteiger partial charge in [-0.15, -0.1) is 0 Å². The molecule has 0 aliphatic heterocycles. The van der Waals surface area contributed by atoms with Gasteiger partial charge in [0, 0.05) is 0 Å². The Morgan fingerprint density at radius 3 is 2.35 bits per heavy atom. The molecule has 1 nitrogen and oxygen atoms in total. The second kappa shape index (κ2) is 5.39. The van der Waals surface area contributed by atoms with Crippen molar-refractivity contribution < 1.29 is 4.74 Å². The predicted molar refractivity (Wildman–Crippen MR) is 75.6 cm³/mol. The quantitative estimate of drug-likeness (QED) is 0.733. The minimum atomic E-state index is 0.134. The minimum Gasteiger partial charge on any atom is -0.493 e. The van der Waals surface area contributed by atoms with E-state index in [1.165, 1.54) is 5.56 Å². The predicted octanol–water partition coefficient (Wildman–Crippen LogP) is 4.66. The van der Waals surface area contributed by atoms with E-state index in [1.807, 2.05) is 12.1 Å². The van der Waals surface area contributed by atoms with Crippen molar-refractivity contribution in [2.45, 2.75) is 40.0 Å². The summed E-state index contributed by atoms with van der Waals surface area (Å²) < 4.78 is 5.80. The van der Waals surface area contributed by atoms with Crippen LogP contribution in [0.15, 0.2) is 24.8 Å². The van der Waals surface area contributed by atoms with Crippen LogP contribution in [0, 0.1) is 5.92 Å². The molecular formula is C16H24O. The first-order chi connectivity index (χ1) is 7.82. The monoisotopic (exact) mass is 232 g/mol. The second-order valence-electron chi connectivity index (χ2n) is 5.95. The van der Waals surface area contributed by atoms with Gasteiger partial charge in [-0.25, -0.2) is 0 Å². The Morgan fingerprint density at radius 2 is 1.88 bits per heavy atom. The molecule has 94 valence electrons. The Labute approximate surface area is 106 Å². The van der Waals surface area contributed by atoms with Gasteiger partial charge in [-0.1, -0.05) is 53.3 Å². The van der Waals surface area contributed by atoms with E-state index in [2.05, 4.69) is 53.3 Å². The zero-order valence-corrected chi connectivity index (χ0v) is 11.7. The SMILES string of the molecule is C=Cc1cc(OCC(C)C)cc(C(C)(C)C)c1. The summed E-state index contributed by atoms with van der Waals surface area (Å²) >= 11 is 0. The van der Waals surface area contributed by atoms with Gasteiger partial charge in [-0.05, 0) is 34.6 Å². The van der Waals surface area contributed by atoms with Crippen LogP contribution in [0.1, 0.15) is 45.7 Å². The highest BCUT2D eigenvalue weighted by molar-refractivity contribution is 5.52. The number of hydrogen-bond donors (Lipinski definition) is 0. The lowest BCUT2D eigenvalue weighted by atomic mass is 9.86. The number of ether oxygens (including phenoxy) is 1. The fraction of sp³-hybridized carbons (Fsp3) is 0.500. The van der Waals surface area contributed by atoms with E-state index in [9.17, 15) is 0 Å². The molecule has 0 aliphatic rings. The van der Waals surface area contributed by atoms with Crippen molar-refractivity contribution in [2.24, 2.45) is 5.92 Å². The van der Waals surface area contributed by atoms with E-state index >= 15 is 0 Å². The molecule has 0 spiro atoms. The summed E-state index contributed by atoms with van der Waals surface area (Å²) in [5, 5.41) is 0. The third-order valence-corrected chi connectivity index (χ3v) is 2.61. The standard InChI is InChI=1S/C16H24O/c1-7-13-8-14(16(4,5)6)10-15(9-13)17-11-12(2)3/h7-10,12H,1,11H2,2-6H3. The molecule has 1 aromatic carbocycles. The van der Waals surface area contributed by atoms with E-state index < -0.39 is 0 Å². The van der Waals surface area contributed by atoms with Gasteiger partial charge >= 0.3 is 0 Å². The fourth-order valence-electron chi connectivity index (χ4n) is 1.52. The van der Waals surface area contributed by atoms with Crippen molar-refractivity contribution in [3.8, 4) is 5.75 Å². The van der Waals surface area contributed by atoms with Gasteiger partial charge in [-0.2, -0.15) is 0 Å². The zero-order chi connectivity index (χ0) is 13.1. The molecule has 0 aromatic heterocycles. The topological polar surface area (TPSA) is 9.23 Å². The van der Waals surface area contributed by atoms with Crippen molar-refractivity contribution in [3.05, 3.63) is 35.9 Å². The molecule has 0 bridgehead atoms. The summed E-state index contributed by atoms with van der Waals surface area (Å²) in [5.74, 6) is 1.49. The number of benzene rings is 1. The summed E-state index contributed by atoms with van der Waals surface area (Å²) in [6, 6.07) is 6.36. The molecule has 1 heteroatoms. The van der Waals surface area contributed by atoms with Gasteiger partial charge < -0.3 is 4.74 Å². The molecule has 0 atom stereocenters. The van der Waals surface area contributed by atoms with Gasteiger partial charge in [0.15, 0.2) is 0 Å². The Bertz CT molecular complexity index is 383. The van der Waals surface area contributed by atoms with Gasteiger partial charge in [0.25, 0.3) is 0 Å². The molecule has 0 N–H and O–H groups in total. The van der Waals surface area contributed by atoms with Crippen molar-refractivity contribution >= 4 is 6.08 Å². The van der Waals surface area contributed by atoms with Crippen LogP contribution in [-0.4, -0.2) is 6.61 Å². The molecule has 1 aromatic rings. The molecule has 0 fully saturated rings. The smallest absolute Gasteiger partial charge is 0.120 e. The highest BCUT2D eigenvalue weighted by Crippen LogP contribution is 2.28. The normalized spacial score (nSPS) is 11.6. The molecule has 0 amide bonds. The van der Waals surface area contributed by atoms with Crippen molar-refractivity contribution in [2.75, 3.05) is 6.61 Å². The number of rotatable bonds is 4. The third-order valence-electron chi connectivity index (χ3n) is 2.61. The molecule has 1 rings (SSSR count). The van der Waals surface area contributed by atoms with Gasteiger partial charge in [0.05, 0.1) is 6.61 Å². The van der Waals surface area contributed by atoms with E-state index in [0.29, 0.717) is 5.92 Å². The van der Waals surface area contributed by atoms with Crippen LogP contribution >= 0.6 is 0 Å². The molecule has 0 unspecified atom stereocenters. The summed E-state index contributed by atoms with van der Waals surface area (Å²) in [4.78, 5) is 0. The maximum absolute atomic E-state index is 5.80. The van der Waals surface area contributed by atoms with Crippen LogP contribution in [-0.2, 0) is 5.41 Å². The molecule has 0 aliphatic carbocycles. The first-order valence-corrected chi connectivity index (χ1v) is 6.23. The van der Waals surface area contributed by atoms with Gasteiger partial charge in [0.2, 0.25) is 0 Å². The molecule has 0 saturated heterocycles. The van der Waals surface area contributed by atoms with E-state index in [1.54, 1.807) is 0 Å². The van der Waals surface area contributed by atoms with Crippen LogP contribution in [0.4, 0.5) is 0 Å². The molecule has 0 heterocycles. The third kappa shape index (κ3) is 4.26. The second-order valence-corrected chi connectivity index (χ2v) is 5.95. The Kier molecular flexibility index (Phi) is 4.39. The van der Waals surface area contributed by atoms with Crippen molar-refractivity contribution in [1.29, 1.82) is 0 Å². The van der Waals surface area contributed by atoms with Crippen molar-refractivity contribution in [1.82, 2.24) is 0 Å².